The Bertz CT molecular complexity index is 740. The Morgan fingerprint density at radius 1 is 0.952 bits per heavy atom. The Morgan fingerprint density at radius 2 is 1.57 bits per heavy atom. The van der Waals surface area contributed by atoms with Crippen molar-refractivity contribution in [3.63, 3.8) is 0 Å². The molecular weight excluding hydrogens is 260 g/mol. The maximum atomic E-state index is 11.8. The van der Waals surface area contributed by atoms with Gasteiger partial charge >= 0.3 is 0 Å². The van der Waals surface area contributed by atoms with E-state index in [1.807, 2.05) is 54.6 Å². The lowest BCUT2D eigenvalue weighted by atomic mass is 10.1. The summed E-state index contributed by atoms with van der Waals surface area (Å²) >= 11 is 0. The second-order valence-electron chi connectivity index (χ2n) is 5.04. The van der Waals surface area contributed by atoms with Crippen molar-refractivity contribution in [3.8, 4) is 11.3 Å². The summed E-state index contributed by atoms with van der Waals surface area (Å²) in [6, 6.07) is 21.7. The molecular formula is C19H16O2. The zero-order valence-corrected chi connectivity index (χ0v) is 11.9. The Hall–Kier alpha value is -2.61. The lowest BCUT2D eigenvalue weighted by Crippen LogP contribution is -1.91. The Labute approximate surface area is 124 Å². The summed E-state index contributed by atoms with van der Waals surface area (Å²) in [6.07, 6.45) is 0.688. The number of hydrogen-bond donors (Lipinski definition) is 0. The van der Waals surface area contributed by atoms with Crippen molar-refractivity contribution in [2.24, 2.45) is 0 Å². The van der Waals surface area contributed by atoms with E-state index in [4.69, 9.17) is 4.42 Å². The number of rotatable bonds is 4. The molecule has 1 aromatic heterocycles. The largest absolute Gasteiger partial charge is 0.460 e. The topological polar surface area (TPSA) is 30.2 Å². The molecule has 0 unspecified atom stereocenters. The summed E-state index contributed by atoms with van der Waals surface area (Å²) in [5.74, 6) is 1.50. The highest BCUT2D eigenvalue weighted by Crippen LogP contribution is 2.28. The van der Waals surface area contributed by atoms with Gasteiger partial charge < -0.3 is 4.42 Å². The van der Waals surface area contributed by atoms with Crippen molar-refractivity contribution in [2.45, 2.75) is 13.3 Å². The maximum absolute atomic E-state index is 11.8. The Balaban J connectivity index is 1.99. The molecule has 0 fully saturated rings. The van der Waals surface area contributed by atoms with Gasteiger partial charge in [0.2, 0.25) is 0 Å². The number of hydrogen-bond acceptors (Lipinski definition) is 2. The van der Waals surface area contributed by atoms with Gasteiger partial charge in [0.1, 0.15) is 11.5 Å². The minimum Gasteiger partial charge on any atom is -0.460 e. The molecule has 0 aliphatic rings. The first kappa shape index (κ1) is 13.4. The van der Waals surface area contributed by atoms with Crippen molar-refractivity contribution < 1.29 is 9.21 Å². The van der Waals surface area contributed by atoms with Crippen LogP contribution < -0.4 is 0 Å². The van der Waals surface area contributed by atoms with Crippen molar-refractivity contribution >= 4 is 5.78 Å². The van der Waals surface area contributed by atoms with Crippen LogP contribution in [0.2, 0.25) is 0 Å². The van der Waals surface area contributed by atoms with Crippen LogP contribution >= 0.6 is 0 Å². The fraction of sp³-hybridized carbons (Fsp3) is 0.105. The number of Topliss-reactive ketones (excluding diaryl/α,β-unsaturated/α-hetero) is 1. The number of carbonyl (C=O) groups is 1. The van der Waals surface area contributed by atoms with Crippen molar-refractivity contribution in [2.75, 3.05) is 0 Å². The predicted octanol–water partition coefficient (Wildman–Crippen LogP) is 4.74. The molecule has 3 rings (SSSR count). The van der Waals surface area contributed by atoms with E-state index in [0.29, 0.717) is 17.7 Å². The number of benzene rings is 2. The molecule has 0 radical (unpaired) electrons. The van der Waals surface area contributed by atoms with Crippen LogP contribution in [0.25, 0.3) is 11.3 Å². The average molecular weight is 276 g/mol. The fourth-order valence-electron chi connectivity index (χ4n) is 2.39. The third kappa shape index (κ3) is 2.95. The molecule has 2 nitrogen and oxygen atoms in total. The first-order chi connectivity index (χ1) is 10.2. The van der Waals surface area contributed by atoms with E-state index in [2.05, 4.69) is 12.1 Å². The van der Waals surface area contributed by atoms with Gasteiger partial charge in [0, 0.05) is 12.0 Å². The molecule has 104 valence electrons. The lowest BCUT2D eigenvalue weighted by Gasteiger charge is -1.99. The SMILES string of the molecule is CC(=O)c1cc(Cc2ccccc2)oc1-c1ccccc1. The van der Waals surface area contributed by atoms with Gasteiger partial charge in [-0.25, -0.2) is 0 Å². The van der Waals surface area contributed by atoms with E-state index in [1.165, 1.54) is 5.56 Å². The molecule has 0 atom stereocenters. The van der Waals surface area contributed by atoms with E-state index in [0.717, 1.165) is 11.3 Å². The first-order valence-electron chi connectivity index (χ1n) is 6.97. The highest BCUT2D eigenvalue weighted by Gasteiger charge is 2.16. The summed E-state index contributed by atoms with van der Waals surface area (Å²) in [5, 5.41) is 0. The van der Waals surface area contributed by atoms with Crippen LogP contribution in [0.3, 0.4) is 0 Å². The number of ketones is 1. The van der Waals surface area contributed by atoms with Gasteiger partial charge in [-0.15, -0.1) is 0 Å². The molecule has 0 aliphatic heterocycles. The van der Waals surface area contributed by atoms with E-state index in [1.54, 1.807) is 6.92 Å². The van der Waals surface area contributed by atoms with Crippen LogP contribution in [0, 0.1) is 0 Å². The third-order valence-electron chi connectivity index (χ3n) is 3.42. The monoisotopic (exact) mass is 276 g/mol. The van der Waals surface area contributed by atoms with Crippen LogP contribution in [0.15, 0.2) is 71.1 Å². The van der Waals surface area contributed by atoms with Crippen molar-refractivity contribution in [1.82, 2.24) is 0 Å². The van der Waals surface area contributed by atoms with Crippen LogP contribution in [-0.4, -0.2) is 5.78 Å². The normalized spacial score (nSPS) is 10.5. The summed E-state index contributed by atoms with van der Waals surface area (Å²) in [5.41, 5.74) is 2.75. The lowest BCUT2D eigenvalue weighted by molar-refractivity contribution is 0.101. The highest BCUT2D eigenvalue weighted by atomic mass is 16.3. The molecule has 2 aromatic carbocycles. The quantitative estimate of drug-likeness (QED) is 0.644. The zero-order chi connectivity index (χ0) is 14.7. The third-order valence-corrected chi connectivity index (χ3v) is 3.42. The van der Waals surface area contributed by atoms with Gasteiger partial charge in [-0.05, 0) is 18.6 Å². The Kier molecular flexibility index (Phi) is 3.69. The van der Waals surface area contributed by atoms with E-state index in [9.17, 15) is 4.79 Å². The number of furan rings is 1. The molecule has 0 N–H and O–H groups in total. The second-order valence-corrected chi connectivity index (χ2v) is 5.04. The molecule has 3 aromatic rings. The maximum Gasteiger partial charge on any atom is 0.163 e. The number of carbonyl (C=O) groups excluding carboxylic acids is 1. The molecule has 21 heavy (non-hydrogen) atoms. The van der Waals surface area contributed by atoms with Crippen molar-refractivity contribution in [1.29, 1.82) is 0 Å². The molecule has 1 heterocycles. The molecule has 2 heteroatoms. The van der Waals surface area contributed by atoms with Gasteiger partial charge in [0.15, 0.2) is 5.78 Å². The zero-order valence-electron chi connectivity index (χ0n) is 11.9. The molecule has 0 bridgehead atoms. The summed E-state index contributed by atoms with van der Waals surface area (Å²) in [7, 11) is 0. The van der Waals surface area contributed by atoms with Crippen molar-refractivity contribution in [3.05, 3.63) is 83.6 Å². The fourth-order valence-corrected chi connectivity index (χ4v) is 2.39. The van der Waals surface area contributed by atoms with Crippen LogP contribution in [-0.2, 0) is 6.42 Å². The van der Waals surface area contributed by atoms with E-state index in [-0.39, 0.29) is 5.78 Å². The van der Waals surface area contributed by atoms with Crippen LogP contribution in [0.4, 0.5) is 0 Å². The standard InChI is InChI=1S/C19H16O2/c1-14(20)18-13-17(12-15-8-4-2-5-9-15)21-19(18)16-10-6-3-7-11-16/h2-11,13H,12H2,1H3. The van der Waals surface area contributed by atoms with Gasteiger partial charge in [-0.2, -0.15) is 0 Å². The van der Waals surface area contributed by atoms with E-state index < -0.39 is 0 Å². The van der Waals surface area contributed by atoms with Gasteiger partial charge in [0.05, 0.1) is 5.56 Å². The molecule has 0 amide bonds. The summed E-state index contributed by atoms with van der Waals surface area (Å²) in [6.45, 7) is 1.57. The first-order valence-corrected chi connectivity index (χ1v) is 6.97. The predicted molar refractivity (Wildman–Crippen MR) is 83.4 cm³/mol. The van der Waals surface area contributed by atoms with Crippen LogP contribution in [0.1, 0.15) is 28.6 Å². The van der Waals surface area contributed by atoms with Gasteiger partial charge in [0.25, 0.3) is 0 Å². The molecule has 0 saturated heterocycles. The van der Waals surface area contributed by atoms with Gasteiger partial charge in [-0.1, -0.05) is 60.7 Å². The molecule has 0 saturated carbocycles. The molecule has 0 spiro atoms. The van der Waals surface area contributed by atoms with E-state index >= 15 is 0 Å². The Morgan fingerprint density at radius 3 is 2.19 bits per heavy atom. The molecule has 0 aliphatic carbocycles. The average Bonchev–Trinajstić information content (AvgIpc) is 2.93. The minimum atomic E-state index is 0.0249. The smallest absolute Gasteiger partial charge is 0.163 e. The second kappa shape index (κ2) is 5.80. The summed E-state index contributed by atoms with van der Waals surface area (Å²) < 4.78 is 5.95. The highest BCUT2D eigenvalue weighted by molar-refractivity contribution is 5.99. The van der Waals surface area contributed by atoms with Crippen LogP contribution in [0.5, 0.6) is 0 Å². The van der Waals surface area contributed by atoms with Gasteiger partial charge in [-0.3, -0.25) is 4.79 Å². The minimum absolute atomic E-state index is 0.0249. The summed E-state index contributed by atoms with van der Waals surface area (Å²) in [4.78, 5) is 11.8.